The van der Waals surface area contributed by atoms with E-state index in [9.17, 15) is 52.7 Å². The topological polar surface area (TPSA) is 44.7 Å². The van der Waals surface area contributed by atoms with Gasteiger partial charge in [-0.1, -0.05) is 0 Å². The second-order valence-corrected chi connectivity index (χ2v) is 18.1. The average Bonchev–Trinajstić information content (AvgIpc) is 3.87. The van der Waals surface area contributed by atoms with Gasteiger partial charge in [0.2, 0.25) is 0 Å². The summed E-state index contributed by atoms with van der Waals surface area (Å²) in [6.45, 7) is 12.0. The van der Waals surface area contributed by atoms with E-state index in [1.54, 1.807) is 0 Å². The highest BCUT2D eigenvalue weighted by atomic mass is 127. The summed E-state index contributed by atoms with van der Waals surface area (Å²) in [7, 11) is 0. The first-order valence-corrected chi connectivity index (χ1v) is 19.9. The van der Waals surface area contributed by atoms with Gasteiger partial charge in [-0.05, 0) is 41.5 Å². The molecule has 0 unspecified atom stereocenters. The van der Waals surface area contributed by atoms with Crippen LogP contribution in [0.25, 0.3) is 0 Å². The van der Waals surface area contributed by atoms with Crippen LogP contribution < -0.4 is 52.5 Å². The Hall–Kier alpha value is -5.57. The molecule has 2 heterocycles. The first kappa shape index (κ1) is 51.4. The molecule has 0 aliphatic rings. The Morgan fingerprint density at radius 3 is 0.682 bits per heavy atom. The second-order valence-electron chi connectivity index (χ2n) is 15.4. The summed E-state index contributed by atoms with van der Waals surface area (Å²) in [5.41, 5.74) is -14.8. The molecule has 0 bridgehead atoms. The van der Waals surface area contributed by atoms with Gasteiger partial charge in [-0.2, -0.15) is 0 Å². The lowest BCUT2D eigenvalue weighted by atomic mass is 9.12. The van der Waals surface area contributed by atoms with Gasteiger partial charge in [0, 0.05) is 24.3 Å². The van der Waals surface area contributed by atoms with Gasteiger partial charge in [0.1, 0.15) is 63.9 Å². The molecule has 4 nitrogen and oxygen atoms in total. The largest absolute Gasteiger partial charge is 0.459 e. The fourth-order valence-electron chi connectivity index (χ4n) is 6.38. The Balaban J connectivity index is 0.000000324. The standard InChI is InChI=1S/C24BF20.C16H22IO4/c26-5-1(6(27)14(35)21(42)13(5)34)25(2-7(28)15(36)22(43)16(37)8(2)29,3-9(30)17(38)23(44)18(39)10(3)31)4-11(32)19(40)24(45)20(41)12(4)33;1-15(2,3)20-13-9-7-11(18-13)17-12-8-10-14(19-12)21-16(4,5)6/h;7-10H,1-6H3/q-1;+1. The van der Waals surface area contributed by atoms with Crippen molar-refractivity contribution in [1.82, 2.24) is 0 Å². The molecule has 0 saturated heterocycles. The number of furan rings is 2. The molecule has 0 fully saturated rings. The van der Waals surface area contributed by atoms with Crippen LogP contribution in [0, 0.1) is 124 Å². The van der Waals surface area contributed by atoms with Crippen molar-refractivity contribution >= 4 is 28.0 Å². The van der Waals surface area contributed by atoms with Gasteiger partial charge in [0.05, 0.1) is 0 Å². The molecular formula is C40H22BF20IO4. The highest BCUT2D eigenvalue weighted by Gasteiger charge is 2.52. The Kier molecular flexibility index (Phi) is 14.2. The van der Waals surface area contributed by atoms with Crippen molar-refractivity contribution < 1.29 is 127 Å². The molecule has 26 heteroatoms. The third-order valence-corrected chi connectivity index (χ3v) is 11.0. The van der Waals surface area contributed by atoms with Gasteiger partial charge in [0.15, 0.2) is 69.8 Å². The quantitative estimate of drug-likeness (QED) is 0.0533. The molecule has 2 aromatic heterocycles. The van der Waals surface area contributed by atoms with Gasteiger partial charge in [-0.15, -0.1) is 21.9 Å². The van der Waals surface area contributed by atoms with Crippen LogP contribution in [-0.4, -0.2) is 17.3 Å². The van der Waals surface area contributed by atoms with Gasteiger partial charge >= 0.3 is 28.7 Å². The zero-order chi connectivity index (χ0) is 50.0. The number of halogens is 21. The maximum Gasteiger partial charge on any atom is 0.443 e. The van der Waals surface area contributed by atoms with E-state index in [1.165, 1.54) is 0 Å². The van der Waals surface area contributed by atoms with Crippen LogP contribution >= 0.6 is 0 Å². The van der Waals surface area contributed by atoms with Crippen molar-refractivity contribution in [2.24, 2.45) is 0 Å². The van der Waals surface area contributed by atoms with E-state index in [0.29, 0.717) is 11.9 Å². The average molecular weight is 1080 g/mol. The van der Waals surface area contributed by atoms with Crippen LogP contribution in [0.3, 0.4) is 0 Å². The van der Waals surface area contributed by atoms with E-state index in [2.05, 4.69) is 0 Å². The molecule has 6 rings (SSSR count). The SMILES string of the molecule is CC(C)(C)Oc1ccc([I+]c2ccc(OC(C)(C)C)o2)o1.Fc1c(F)c(F)c([B-](c2c(F)c(F)c(F)c(F)c2F)(c2c(F)c(F)c(F)c(F)c2F)c2c(F)c(F)c(F)c(F)c2F)c(F)c1F. The van der Waals surface area contributed by atoms with Crippen molar-refractivity contribution in [1.29, 1.82) is 0 Å². The van der Waals surface area contributed by atoms with Gasteiger partial charge in [-0.3, -0.25) is 0 Å². The predicted molar refractivity (Wildman–Crippen MR) is 185 cm³/mol. The summed E-state index contributed by atoms with van der Waals surface area (Å²) < 4.78 is 319. The third kappa shape index (κ3) is 8.99. The minimum absolute atomic E-state index is 0.258. The van der Waals surface area contributed by atoms with Crippen LogP contribution in [0.2, 0.25) is 0 Å². The van der Waals surface area contributed by atoms with Gasteiger partial charge < -0.3 is 18.3 Å². The maximum atomic E-state index is 15.4. The minimum Gasteiger partial charge on any atom is -0.459 e. The summed E-state index contributed by atoms with van der Waals surface area (Å²) in [5.74, 6) is -70.3. The van der Waals surface area contributed by atoms with Crippen LogP contribution in [0.5, 0.6) is 11.9 Å². The summed E-state index contributed by atoms with van der Waals surface area (Å²) in [5, 5.41) is 0. The Morgan fingerprint density at radius 2 is 0.500 bits per heavy atom. The van der Waals surface area contributed by atoms with Crippen molar-refractivity contribution in [2.75, 3.05) is 0 Å². The van der Waals surface area contributed by atoms with Crippen molar-refractivity contribution in [3.05, 3.63) is 148 Å². The van der Waals surface area contributed by atoms with E-state index in [4.69, 9.17) is 18.3 Å². The molecule has 0 aliphatic heterocycles. The molecule has 6 aromatic rings. The first-order valence-electron chi connectivity index (χ1n) is 17.8. The molecule has 356 valence electrons. The predicted octanol–water partition coefficient (Wildman–Crippen LogP) is 7.20. The second kappa shape index (κ2) is 18.3. The van der Waals surface area contributed by atoms with Crippen molar-refractivity contribution in [2.45, 2.75) is 52.7 Å². The van der Waals surface area contributed by atoms with Crippen LogP contribution in [0.4, 0.5) is 87.8 Å². The van der Waals surface area contributed by atoms with Crippen molar-refractivity contribution in [3.8, 4) is 11.9 Å². The fourth-order valence-corrected chi connectivity index (χ4v) is 8.27. The minimum atomic E-state index is -7.22. The van der Waals surface area contributed by atoms with E-state index in [1.807, 2.05) is 65.8 Å². The highest BCUT2D eigenvalue weighted by molar-refractivity contribution is 7.20. The van der Waals surface area contributed by atoms with E-state index >= 15 is 35.1 Å². The zero-order valence-electron chi connectivity index (χ0n) is 33.5. The zero-order valence-corrected chi connectivity index (χ0v) is 35.6. The molecule has 0 aliphatic carbocycles. The summed E-state index contributed by atoms with van der Waals surface area (Å²) in [4.78, 5) is 0. The lowest BCUT2D eigenvalue weighted by molar-refractivity contribution is -0.636. The summed E-state index contributed by atoms with van der Waals surface area (Å²) in [6.07, 6.45) is -7.22. The van der Waals surface area contributed by atoms with Crippen molar-refractivity contribution in [3.63, 3.8) is 0 Å². The number of benzene rings is 4. The maximum absolute atomic E-state index is 15.4. The molecule has 0 amide bonds. The molecule has 0 N–H and O–H groups in total. The molecular weight excluding hydrogens is 1060 g/mol. The normalized spacial score (nSPS) is 12.2. The monoisotopic (exact) mass is 1080 g/mol. The summed E-state index contributed by atoms with van der Waals surface area (Å²) >= 11 is -0.509. The van der Waals surface area contributed by atoms with Gasteiger partial charge in [0.25, 0.3) is 11.9 Å². The molecule has 66 heavy (non-hydrogen) atoms. The molecule has 4 aromatic carbocycles. The van der Waals surface area contributed by atoms with Crippen LogP contribution in [0.1, 0.15) is 41.5 Å². The van der Waals surface area contributed by atoms with E-state index in [0.717, 1.165) is 7.53 Å². The molecule has 0 spiro atoms. The lowest BCUT2D eigenvalue weighted by Crippen LogP contribution is -3.61. The Bertz CT molecular complexity index is 2450. The van der Waals surface area contributed by atoms with Crippen LogP contribution in [0.15, 0.2) is 33.1 Å². The number of rotatable bonds is 8. The fraction of sp³-hybridized carbons (Fsp3) is 0.200. The lowest BCUT2D eigenvalue weighted by Gasteiger charge is -2.44. The van der Waals surface area contributed by atoms with E-state index < -0.39 is 166 Å². The summed E-state index contributed by atoms with van der Waals surface area (Å²) in [6, 6.07) is 7.61. The molecule has 0 radical (unpaired) electrons. The Morgan fingerprint density at radius 1 is 0.318 bits per heavy atom. The highest BCUT2D eigenvalue weighted by Crippen LogP contribution is 2.31. The van der Waals surface area contributed by atoms with Gasteiger partial charge in [-0.25, -0.2) is 87.8 Å². The first-order chi connectivity index (χ1) is 30.3. The number of hydrogen-bond acceptors (Lipinski definition) is 4. The van der Waals surface area contributed by atoms with Crippen LogP contribution in [-0.2, 0) is 0 Å². The van der Waals surface area contributed by atoms with E-state index in [-0.39, 0.29) is 11.2 Å². The smallest absolute Gasteiger partial charge is 0.443 e. The third-order valence-electron chi connectivity index (χ3n) is 8.80. The molecule has 0 saturated carbocycles. The number of ether oxygens (including phenoxy) is 2. The Labute approximate surface area is 367 Å². The molecule has 0 atom stereocenters. The number of hydrogen-bond donors (Lipinski definition) is 0.